The van der Waals surface area contributed by atoms with Crippen LogP contribution in [-0.2, 0) is 4.79 Å². The number of anilines is 2. The molecule has 0 spiro atoms. The first-order valence-electron chi connectivity index (χ1n) is 6.88. The van der Waals surface area contributed by atoms with Gasteiger partial charge in [-0.15, -0.1) is 0 Å². The minimum Gasteiger partial charge on any atom is -0.370 e. The molecule has 0 bridgehead atoms. The molecule has 1 aromatic carbocycles. The van der Waals surface area contributed by atoms with Crippen LogP contribution >= 0.6 is 15.9 Å². The molecule has 2 rings (SSSR count). The number of amides is 1. The Labute approximate surface area is 123 Å². The second kappa shape index (κ2) is 6.42. The molecular formula is C15H21BrN2O. The van der Waals surface area contributed by atoms with E-state index in [1.807, 2.05) is 32.0 Å². The summed E-state index contributed by atoms with van der Waals surface area (Å²) in [6.45, 7) is 6.22. The number of para-hydroxylation sites is 2. The van der Waals surface area contributed by atoms with Gasteiger partial charge < -0.3 is 10.2 Å². The number of benzene rings is 1. The van der Waals surface area contributed by atoms with Crippen molar-refractivity contribution in [1.82, 2.24) is 0 Å². The summed E-state index contributed by atoms with van der Waals surface area (Å²) in [4.78, 5) is 14.3. The second-order valence-electron chi connectivity index (χ2n) is 5.35. The largest absolute Gasteiger partial charge is 0.370 e. The van der Waals surface area contributed by atoms with Crippen LogP contribution in [0.15, 0.2) is 24.3 Å². The van der Waals surface area contributed by atoms with E-state index in [2.05, 4.69) is 32.2 Å². The van der Waals surface area contributed by atoms with Crippen LogP contribution in [0, 0.1) is 5.92 Å². The maximum absolute atomic E-state index is 12.1. The summed E-state index contributed by atoms with van der Waals surface area (Å²) in [5, 5.41) is 3.04. The Morgan fingerprint density at radius 1 is 1.26 bits per heavy atom. The molecule has 1 amide bonds. The monoisotopic (exact) mass is 324 g/mol. The SMILES string of the molecule is CC(C)C(Br)C(=O)Nc1ccccc1N1CCCC1. The van der Waals surface area contributed by atoms with E-state index in [0.29, 0.717) is 0 Å². The summed E-state index contributed by atoms with van der Waals surface area (Å²) in [6.07, 6.45) is 2.46. The van der Waals surface area contributed by atoms with Gasteiger partial charge in [0.2, 0.25) is 5.91 Å². The maximum Gasteiger partial charge on any atom is 0.238 e. The van der Waals surface area contributed by atoms with Crippen molar-refractivity contribution < 1.29 is 4.79 Å². The van der Waals surface area contributed by atoms with E-state index in [0.717, 1.165) is 24.5 Å². The Morgan fingerprint density at radius 2 is 1.89 bits per heavy atom. The van der Waals surface area contributed by atoms with Crippen molar-refractivity contribution in [1.29, 1.82) is 0 Å². The summed E-state index contributed by atoms with van der Waals surface area (Å²) < 4.78 is 0. The van der Waals surface area contributed by atoms with Crippen LogP contribution in [-0.4, -0.2) is 23.8 Å². The fourth-order valence-electron chi connectivity index (χ4n) is 2.32. The molecule has 1 aliphatic rings. The van der Waals surface area contributed by atoms with Gasteiger partial charge in [0.1, 0.15) is 0 Å². The van der Waals surface area contributed by atoms with Gasteiger partial charge in [-0.3, -0.25) is 4.79 Å². The fraction of sp³-hybridized carbons (Fsp3) is 0.533. The quantitative estimate of drug-likeness (QED) is 0.857. The van der Waals surface area contributed by atoms with E-state index in [4.69, 9.17) is 0 Å². The molecule has 1 atom stereocenters. The lowest BCUT2D eigenvalue weighted by Crippen LogP contribution is -2.28. The number of halogens is 1. The molecule has 0 radical (unpaired) electrons. The van der Waals surface area contributed by atoms with Gasteiger partial charge in [0.25, 0.3) is 0 Å². The fourth-order valence-corrected chi connectivity index (χ4v) is 2.43. The molecule has 1 fully saturated rings. The highest BCUT2D eigenvalue weighted by atomic mass is 79.9. The molecule has 3 nitrogen and oxygen atoms in total. The zero-order chi connectivity index (χ0) is 13.8. The van der Waals surface area contributed by atoms with E-state index in [-0.39, 0.29) is 16.7 Å². The molecule has 19 heavy (non-hydrogen) atoms. The van der Waals surface area contributed by atoms with E-state index in [1.165, 1.54) is 12.8 Å². The number of nitrogens with zero attached hydrogens (tertiary/aromatic N) is 1. The van der Waals surface area contributed by atoms with Crippen molar-refractivity contribution in [3.63, 3.8) is 0 Å². The Hall–Kier alpha value is -1.03. The lowest BCUT2D eigenvalue weighted by Gasteiger charge is -2.22. The van der Waals surface area contributed by atoms with Gasteiger partial charge in [0.05, 0.1) is 16.2 Å². The normalized spacial score (nSPS) is 16.7. The first-order valence-corrected chi connectivity index (χ1v) is 7.80. The highest BCUT2D eigenvalue weighted by molar-refractivity contribution is 9.10. The molecule has 1 heterocycles. The number of alkyl halides is 1. The lowest BCUT2D eigenvalue weighted by atomic mass is 10.1. The predicted octanol–water partition coefficient (Wildman–Crippen LogP) is 3.64. The van der Waals surface area contributed by atoms with Crippen LogP contribution in [0.25, 0.3) is 0 Å². The van der Waals surface area contributed by atoms with E-state index >= 15 is 0 Å². The third-order valence-electron chi connectivity index (χ3n) is 3.44. The number of rotatable bonds is 4. The van der Waals surface area contributed by atoms with Gasteiger partial charge in [0.15, 0.2) is 0 Å². The van der Waals surface area contributed by atoms with Crippen LogP contribution in [0.1, 0.15) is 26.7 Å². The van der Waals surface area contributed by atoms with Gasteiger partial charge in [-0.05, 0) is 30.9 Å². The van der Waals surface area contributed by atoms with Crippen LogP contribution < -0.4 is 10.2 Å². The van der Waals surface area contributed by atoms with Crippen molar-refractivity contribution in [3.8, 4) is 0 Å². The van der Waals surface area contributed by atoms with Crippen molar-refractivity contribution in [3.05, 3.63) is 24.3 Å². The highest BCUT2D eigenvalue weighted by Gasteiger charge is 2.21. The van der Waals surface area contributed by atoms with Gasteiger partial charge in [-0.25, -0.2) is 0 Å². The number of hydrogen-bond acceptors (Lipinski definition) is 2. The lowest BCUT2D eigenvalue weighted by molar-refractivity contribution is -0.116. The summed E-state index contributed by atoms with van der Waals surface area (Å²) in [7, 11) is 0. The first kappa shape index (κ1) is 14.4. The minimum atomic E-state index is -0.154. The molecule has 1 saturated heterocycles. The average Bonchev–Trinajstić information content (AvgIpc) is 2.92. The molecule has 104 valence electrons. The van der Waals surface area contributed by atoms with Crippen LogP contribution in [0.4, 0.5) is 11.4 Å². The smallest absolute Gasteiger partial charge is 0.238 e. The van der Waals surface area contributed by atoms with Gasteiger partial charge >= 0.3 is 0 Å². The molecule has 0 aliphatic carbocycles. The Kier molecular flexibility index (Phi) is 4.86. The third kappa shape index (κ3) is 3.50. The van der Waals surface area contributed by atoms with Crippen molar-refractivity contribution in [2.75, 3.05) is 23.3 Å². The minimum absolute atomic E-state index is 0.0293. The second-order valence-corrected chi connectivity index (χ2v) is 6.33. The Balaban J connectivity index is 2.13. The van der Waals surface area contributed by atoms with Crippen LogP contribution in [0.2, 0.25) is 0 Å². The highest BCUT2D eigenvalue weighted by Crippen LogP contribution is 2.29. The summed E-state index contributed by atoms with van der Waals surface area (Å²) in [5.74, 6) is 0.306. The number of hydrogen-bond donors (Lipinski definition) is 1. The first-order chi connectivity index (χ1) is 9.09. The van der Waals surface area contributed by atoms with Gasteiger partial charge in [-0.2, -0.15) is 0 Å². The summed E-state index contributed by atoms with van der Waals surface area (Å²) >= 11 is 3.45. The van der Waals surface area contributed by atoms with Crippen molar-refractivity contribution >= 4 is 33.2 Å². The van der Waals surface area contributed by atoms with Crippen LogP contribution in [0.3, 0.4) is 0 Å². The maximum atomic E-state index is 12.1. The summed E-state index contributed by atoms with van der Waals surface area (Å²) in [5.41, 5.74) is 2.05. The predicted molar refractivity (Wildman–Crippen MR) is 84.1 cm³/mol. The molecule has 0 aromatic heterocycles. The van der Waals surface area contributed by atoms with E-state index in [1.54, 1.807) is 0 Å². The van der Waals surface area contributed by atoms with E-state index in [9.17, 15) is 4.79 Å². The molecule has 1 aliphatic heterocycles. The van der Waals surface area contributed by atoms with Gasteiger partial charge in [-0.1, -0.05) is 41.9 Å². The van der Waals surface area contributed by atoms with Crippen LogP contribution in [0.5, 0.6) is 0 Å². The van der Waals surface area contributed by atoms with Crippen molar-refractivity contribution in [2.45, 2.75) is 31.5 Å². The van der Waals surface area contributed by atoms with Crippen molar-refractivity contribution in [2.24, 2.45) is 5.92 Å². The molecular weight excluding hydrogens is 304 g/mol. The third-order valence-corrected chi connectivity index (χ3v) is 4.92. The average molecular weight is 325 g/mol. The Bertz CT molecular complexity index is 442. The molecule has 1 unspecified atom stereocenters. The number of nitrogens with one attached hydrogen (secondary N) is 1. The van der Waals surface area contributed by atoms with E-state index < -0.39 is 0 Å². The zero-order valence-electron chi connectivity index (χ0n) is 11.5. The summed E-state index contributed by atoms with van der Waals surface area (Å²) in [6, 6.07) is 8.05. The molecule has 0 saturated carbocycles. The van der Waals surface area contributed by atoms with Gasteiger partial charge in [0, 0.05) is 13.1 Å². The topological polar surface area (TPSA) is 32.3 Å². The molecule has 4 heteroatoms. The Morgan fingerprint density at radius 3 is 2.53 bits per heavy atom. The number of carbonyl (C=O) groups excluding carboxylic acids is 1. The standard InChI is InChI=1S/C15H21BrN2O/c1-11(2)14(16)15(19)17-12-7-3-4-8-13(12)18-9-5-6-10-18/h3-4,7-8,11,14H,5-6,9-10H2,1-2H3,(H,17,19). The molecule has 1 aromatic rings. The zero-order valence-corrected chi connectivity index (χ0v) is 13.1. The number of carbonyl (C=O) groups is 1. The molecule has 1 N–H and O–H groups in total.